The van der Waals surface area contributed by atoms with Gasteiger partial charge in [-0.2, -0.15) is 0 Å². The Bertz CT molecular complexity index is 570. The summed E-state index contributed by atoms with van der Waals surface area (Å²) in [5.41, 5.74) is 2.17. The van der Waals surface area contributed by atoms with E-state index in [9.17, 15) is 8.42 Å². The van der Waals surface area contributed by atoms with Gasteiger partial charge in [0.2, 0.25) is 10.0 Å². The predicted octanol–water partition coefficient (Wildman–Crippen LogP) is 3.29. The van der Waals surface area contributed by atoms with Crippen molar-refractivity contribution in [2.24, 2.45) is 0 Å². The van der Waals surface area contributed by atoms with Crippen molar-refractivity contribution < 1.29 is 8.42 Å². The van der Waals surface area contributed by atoms with Gasteiger partial charge in [0.05, 0.1) is 4.90 Å². The van der Waals surface area contributed by atoms with Gasteiger partial charge in [-0.15, -0.1) is 0 Å². The normalized spacial score (nSPS) is 16.1. The molecule has 0 aliphatic carbocycles. The summed E-state index contributed by atoms with van der Waals surface area (Å²) < 4.78 is 27.6. The van der Waals surface area contributed by atoms with Crippen molar-refractivity contribution in [3.8, 4) is 0 Å². The van der Waals surface area contributed by atoms with Crippen molar-refractivity contribution in [2.45, 2.75) is 63.3 Å². The van der Waals surface area contributed by atoms with Crippen molar-refractivity contribution in [3.63, 3.8) is 0 Å². The molecule has 1 heterocycles. The summed E-state index contributed by atoms with van der Waals surface area (Å²) in [5, 5.41) is 3.28. The van der Waals surface area contributed by atoms with Gasteiger partial charge in [-0.3, -0.25) is 0 Å². The molecule has 0 fully saturated rings. The minimum absolute atomic E-state index is 0.0226. The summed E-state index contributed by atoms with van der Waals surface area (Å²) in [6.45, 7) is 5.00. The van der Waals surface area contributed by atoms with Crippen LogP contribution in [0.15, 0.2) is 23.1 Å². The van der Waals surface area contributed by atoms with E-state index in [1.54, 1.807) is 12.1 Å². The third kappa shape index (κ3) is 4.45. The molecule has 2 N–H and O–H groups in total. The highest BCUT2D eigenvalue weighted by atomic mass is 32.2. The van der Waals surface area contributed by atoms with E-state index in [1.165, 1.54) is 5.56 Å². The molecule has 0 spiro atoms. The maximum absolute atomic E-state index is 12.4. The van der Waals surface area contributed by atoms with Crippen LogP contribution in [0.2, 0.25) is 0 Å². The van der Waals surface area contributed by atoms with Gasteiger partial charge in [-0.05, 0) is 43.9 Å². The monoisotopic (exact) mass is 310 g/mol. The fourth-order valence-electron chi connectivity index (χ4n) is 2.70. The van der Waals surface area contributed by atoms with Crippen LogP contribution in [0.25, 0.3) is 0 Å². The maximum Gasteiger partial charge on any atom is 0.240 e. The summed E-state index contributed by atoms with van der Waals surface area (Å²) in [7, 11) is -3.42. The Morgan fingerprint density at radius 3 is 2.90 bits per heavy atom. The first-order valence-corrected chi connectivity index (χ1v) is 9.40. The molecular weight excluding hydrogens is 284 g/mol. The van der Waals surface area contributed by atoms with E-state index in [-0.39, 0.29) is 6.04 Å². The van der Waals surface area contributed by atoms with Crippen molar-refractivity contribution in [2.75, 3.05) is 11.9 Å². The van der Waals surface area contributed by atoms with E-state index in [4.69, 9.17) is 0 Å². The molecule has 118 valence electrons. The summed E-state index contributed by atoms with van der Waals surface area (Å²) in [6.07, 6.45) is 6.36. The van der Waals surface area contributed by atoms with Gasteiger partial charge in [0.25, 0.3) is 0 Å². The molecule has 1 aromatic rings. The van der Waals surface area contributed by atoms with Crippen molar-refractivity contribution in [1.82, 2.24) is 4.72 Å². The molecule has 0 bridgehead atoms. The van der Waals surface area contributed by atoms with Gasteiger partial charge < -0.3 is 5.32 Å². The van der Waals surface area contributed by atoms with E-state index in [0.717, 1.165) is 50.8 Å². The Balaban J connectivity index is 2.05. The number of benzene rings is 1. The third-order valence-corrected chi connectivity index (χ3v) is 5.51. The molecule has 21 heavy (non-hydrogen) atoms. The van der Waals surface area contributed by atoms with Gasteiger partial charge in [0, 0.05) is 18.3 Å². The molecule has 0 radical (unpaired) electrons. The number of sulfonamides is 1. The highest BCUT2D eigenvalue weighted by molar-refractivity contribution is 7.89. The van der Waals surface area contributed by atoms with Gasteiger partial charge >= 0.3 is 0 Å². The number of aryl methyl sites for hydroxylation is 1. The SMILES string of the molecule is CCCCCC(C)NS(=O)(=O)c1ccc2c(c1)NCCC2. The van der Waals surface area contributed by atoms with E-state index in [0.29, 0.717) is 4.90 Å². The summed E-state index contributed by atoms with van der Waals surface area (Å²) in [5.74, 6) is 0. The highest BCUT2D eigenvalue weighted by Gasteiger charge is 2.19. The van der Waals surface area contributed by atoms with Crippen molar-refractivity contribution >= 4 is 15.7 Å². The molecule has 0 saturated heterocycles. The molecular formula is C16H26N2O2S. The molecule has 0 amide bonds. The third-order valence-electron chi connectivity index (χ3n) is 3.93. The van der Waals surface area contributed by atoms with Gasteiger partial charge in [0.15, 0.2) is 0 Å². The Morgan fingerprint density at radius 2 is 2.14 bits per heavy atom. The molecule has 1 aromatic carbocycles. The lowest BCUT2D eigenvalue weighted by atomic mass is 10.0. The smallest absolute Gasteiger partial charge is 0.240 e. The Hall–Kier alpha value is -1.07. The number of fused-ring (bicyclic) bond motifs is 1. The van der Waals surface area contributed by atoms with E-state index >= 15 is 0 Å². The van der Waals surface area contributed by atoms with Gasteiger partial charge in [-0.25, -0.2) is 13.1 Å². The fraction of sp³-hybridized carbons (Fsp3) is 0.625. The second-order valence-corrected chi connectivity index (χ2v) is 7.58. The van der Waals surface area contributed by atoms with E-state index in [2.05, 4.69) is 17.0 Å². The standard InChI is InChI=1S/C16H26N2O2S/c1-3-4-5-7-13(2)18-21(19,20)15-10-9-14-8-6-11-17-16(14)12-15/h9-10,12-13,17-18H,3-8,11H2,1-2H3. The van der Waals surface area contributed by atoms with Gasteiger partial charge in [0.1, 0.15) is 0 Å². The van der Waals surface area contributed by atoms with Crippen LogP contribution in [0.1, 0.15) is 51.5 Å². The van der Waals surface area contributed by atoms with E-state index in [1.807, 2.05) is 13.0 Å². The van der Waals surface area contributed by atoms with Crippen LogP contribution in [0, 0.1) is 0 Å². The lowest BCUT2D eigenvalue weighted by molar-refractivity contribution is 0.527. The average molecular weight is 310 g/mol. The zero-order valence-electron chi connectivity index (χ0n) is 13.0. The number of hydrogen-bond donors (Lipinski definition) is 2. The van der Waals surface area contributed by atoms with Crippen LogP contribution in [0.5, 0.6) is 0 Å². The molecule has 1 atom stereocenters. The quantitative estimate of drug-likeness (QED) is 0.760. The number of hydrogen-bond acceptors (Lipinski definition) is 3. The Morgan fingerprint density at radius 1 is 1.33 bits per heavy atom. The van der Waals surface area contributed by atoms with Crippen LogP contribution in [0.4, 0.5) is 5.69 Å². The zero-order valence-corrected chi connectivity index (χ0v) is 13.8. The van der Waals surface area contributed by atoms with Crippen LogP contribution >= 0.6 is 0 Å². The zero-order chi connectivity index (χ0) is 15.3. The minimum atomic E-state index is -3.42. The number of rotatable bonds is 7. The summed E-state index contributed by atoms with van der Waals surface area (Å²) in [6, 6.07) is 5.38. The van der Waals surface area contributed by atoms with Crippen molar-refractivity contribution in [3.05, 3.63) is 23.8 Å². The van der Waals surface area contributed by atoms with Crippen LogP contribution in [-0.2, 0) is 16.4 Å². The second-order valence-electron chi connectivity index (χ2n) is 5.87. The molecule has 0 aromatic heterocycles. The first-order valence-electron chi connectivity index (χ1n) is 7.92. The van der Waals surface area contributed by atoms with E-state index < -0.39 is 10.0 Å². The number of unbranched alkanes of at least 4 members (excludes halogenated alkanes) is 2. The average Bonchev–Trinajstić information content (AvgIpc) is 2.46. The minimum Gasteiger partial charge on any atom is -0.385 e. The molecule has 5 heteroatoms. The molecule has 2 rings (SSSR count). The first kappa shape index (κ1) is 16.3. The number of anilines is 1. The molecule has 1 aliphatic heterocycles. The van der Waals surface area contributed by atoms with Crippen LogP contribution in [-0.4, -0.2) is 21.0 Å². The predicted molar refractivity (Wildman–Crippen MR) is 87.2 cm³/mol. The maximum atomic E-state index is 12.4. The molecule has 1 aliphatic rings. The fourth-order valence-corrected chi connectivity index (χ4v) is 4.00. The number of nitrogens with one attached hydrogen (secondary N) is 2. The molecule has 0 saturated carbocycles. The highest BCUT2D eigenvalue weighted by Crippen LogP contribution is 2.25. The van der Waals surface area contributed by atoms with Crippen LogP contribution in [0.3, 0.4) is 0 Å². The lowest BCUT2D eigenvalue weighted by Crippen LogP contribution is -2.32. The van der Waals surface area contributed by atoms with Crippen molar-refractivity contribution in [1.29, 1.82) is 0 Å². The first-order chi connectivity index (χ1) is 10.0. The molecule has 1 unspecified atom stereocenters. The summed E-state index contributed by atoms with van der Waals surface area (Å²) in [4.78, 5) is 0.359. The Labute approximate surface area is 128 Å². The lowest BCUT2D eigenvalue weighted by Gasteiger charge is -2.19. The second kappa shape index (κ2) is 7.27. The molecule has 4 nitrogen and oxygen atoms in total. The van der Waals surface area contributed by atoms with Gasteiger partial charge in [-0.1, -0.05) is 32.3 Å². The topological polar surface area (TPSA) is 58.2 Å². The Kier molecular flexibility index (Phi) is 5.65. The van der Waals surface area contributed by atoms with Crippen LogP contribution < -0.4 is 10.0 Å². The summed E-state index contributed by atoms with van der Waals surface area (Å²) >= 11 is 0. The largest absolute Gasteiger partial charge is 0.385 e.